The van der Waals surface area contributed by atoms with Gasteiger partial charge in [-0.2, -0.15) is 0 Å². The number of carboxylic acid groups (broad SMARTS) is 1. The summed E-state index contributed by atoms with van der Waals surface area (Å²) in [6.07, 6.45) is 3.60. The molecule has 1 aliphatic rings. The molecule has 1 atom stereocenters. The molecule has 0 aromatic rings. The summed E-state index contributed by atoms with van der Waals surface area (Å²) in [7, 11) is 0. The molecular formula is C19H34N2O4. The highest BCUT2D eigenvalue weighted by Crippen LogP contribution is 2.38. The number of hydrogen-bond donors (Lipinski definition) is 1. The topological polar surface area (TPSA) is 77.9 Å². The Morgan fingerprint density at radius 3 is 2.16 bits per heavy atom. The first kappa shape index (κ1) is 21.5. The fraction of sp³-hybridized carbons (Fsp3) is 0.842. The van der Waals surface area contributed by atoms with Crippen molar-refractivity contribution < 1.29 is 19.5 Å². The Balaban J connectivity index is 2.48. The molecule has 0 bridgehead atoms. The molecule has 2 amide bonds. The Morgan fingerprint density at radius 2 is 1.72 bits per heavy atom. The number of carbonyl (C=O) groups is 3. The summed E-state index contributed by atoms with van der Waals surface area (Å²) in [4.78, 5) is 39.8. The monoisotopic (exact) mass is 354 g/mol. The molecule has 25 heavy (non-hydrogen) atoms. The zero-order valence-corrected chi connectivity index (χ0v) is 16.2. The zero-order valence-electron chi connectivity index (χ0n) is 16.2. The van der Waals surface area contributed by atoms with Crippen LogP contribution in [0.5, 0.6) is 0 Å². The molecule has 0 aliphatic carbocycles. The predicted octanol–water partition coefficient (Wildman–Crippen LogP) is 2.76. The van der Waals surface area contributed by atoms with Gasteiger partial charge in [-0.15, -0.1) is 0 Å². The first-order valence-electron chi connectivity index (χ1n) is 9.57. The van der Waals surface area contributed by atoms with E-state index < -0.39 is 11.4 Å². The Hall–Kier alpha value is -1.59. The molecule has 144 valence electrons. The molecule has 0 spiro atoms. The summed E-state index contributed by atoms with van der Waals surface area (Å²) < 4.78 is 0. The van der Waals surface area contributed by atoms with Crippen LogP contribution >= 0.6 is 0 Å². The molecule has 1 aliphatic heterocycles. The summed E-state index contributed by atoms with van der Waals surface area (Å²) >= 11 is 0. The zero-order chi connectivity index (χ0) is 19.0. The highest BCUT2D eigenvalue weighted by Gasteiger charge is 2.48. The first-order chi connectivity index (χ1) is 11.8. The van der Waals surface area contributed by atoms with E-state index in [0.29, 0.717) is 32.2 Å². The summed E-state index contributed by atoms with van der Waals surface area (Å²) in [5.41, 5.74) is -0.829. The van der Waals surface area contributed by atoms with E-state index in [1.807, 2.05) is 18.7 Å². The van der Waals surface area contributed by atoms with Crippen LogP contribution in [-0.4, -0.2) is 58.9 Å². The molecule has 0 saturated carbocycles. The number of amides is 2. The molecule has 1 heterocycles. The van der Waals surface area contributed by atoms with Crippen molar-refractivity contribution in [3.8, 4) is 0 Å². The number of carbonyl (C=O) groups excluding carboxylic acids is 2. The molecule has 1 saturated heterocycles. The van der Waals surface area contributed by atoms with E-state index in [1.165, 1.54) is 0 Å². The number of hydrogen-bond acceptors (Lipinski definition) is 3. The van der Waals surface area contributed by atoms with Crippen molar-refractivity contribution in [3.63, 3.8) is 0 Å². The molecule has 0 aromatic heterocycles. The third-order valence-electron chi connectivity index (χ3n) is 5.31. The molecule has 6 nitrogen and oxygen atoms in total. The predicted molar refractivity (Wildman–Crippen MR) is 97.1 cm³/mol. The Kier molecular flexibility index (Phi) is 8.39. The van der Waals surface area contributed by atoms with Crippen molar-refractivity contribution >= 4 is 17.8 Å². The summed E-state index contributed by atoms with van der Waals surface area (Å²) in [5, 5.41) is 9.56. The third-order valence-corrected chi connectivity index (χ3v) is 5.31. The van der Waals surface area contributed by atoms with Crippen molar-refractivity contribution in [3.05, 3.63) is 0 Å². The van der Waals surface area contributed by atoms with Crippen LogP contribution in [0.3, 0.4) is 0 Å². The second kappa shape index (κ2) is 9.78. The molecule has 1 rings (SSSR count). The number of aliphatic carboxylic acids is 1. The van der Waals surface area contributed by atoms with Crippen molar-refractivity contribution in [1.29, 1.82) is 0 Å². The smallest absolute Gasteiger partial charge is 0.311 e. The van der Waals surface area contributed by atoms with Crippen molar-refractivity contribution in [1.82, 2.24) is 9.80 Å². The standard InChI is InChI=1S/C19H34N2O4/c1-5-11-20(12-6-2)16(22)8-7-9-17(23)21-13-10-19(14-21,15(3)4)18(24)25/h15H,5-14H2,1-4H3,(H,24,25). The third kappa shape index (κ3) is 5.44. The lowest BCUT2D eigenvalue weighted by Gasteiger charge is -2.28. The van der Waals surface area contributed by atoms with Gasteiger partial charge in [0.05, 0.1) is 5.41 Å². The summed E-state index contributed by atoms with van der Waals surface area (Å²) in [6, 6.07) is 0. The molecular weight excluding hydrogens is 320 g/mol. The number of carboxylic acids is 1. The second-order valence-corrected chi connectivity index (χ2v) is 7.42. The Labute approximate surface area is 151 Å². The van der Waals surface area contributed by atoms with Gasteiger partial charge in [0, 0.05) is 39.0 Å². The summed E-state index contributed by atoms with van der Waals surface area (Å²) in [5.74, 6) is -0.752. The molecule has 1 N–H and O–H groups in total. The van der Waals surface area contributed by atoms with Crippen molar-refractivity contribution in [2.45, 2.75) is 66.2 Å². The number of rotatable bonds is 10. The van der Waals surface area contributed by atoms with E-state index in [9.17, 15) is 19.5 Å². The second-order valence-electron chi connectivity index (χ2n) is 7.42. The van der Waals surface area contributed by atoms with Gasteiger partial charge in [-0.3, -0.25) is 14.4 Å². The Bertz CT molecular complexity index is 472. The normalized spacial score (nSPS) is 20.1. The lowest BCUT2D eigenvalue weighted by Crippen LogP contribution is -2.40. The summed E-state index contributed by atoms with van der Waals surface area (Å²) in [6.45, 7) is 10.2. The van der Waals surface area contributed by atoms with E-state index in [0.717, 1.165) is 25.9 Å². The van der Waals surface area contributed by atoms with E-state index in [1.54, 1.807) is 4.90 Å². The maximum Gasteiger partial charge on any atom is 0.311 e. The number of likely N-dealkylation sites (tertiary alicyclic amines) is 1. The minimum absolute atomic E-state index is 0.0129. The fourth-order valence-corrected chi connectivity index (χ4v) is 3.55. The van der Waals surface area contributed by atoms with E-state index >= 15 is 0 Å². The largest absolute Gasteiger partial charge is 0.481 e. The minimum Gasteiger partial charge on any atom is -0.481 e. The molecule has 1 fully saturated rings. The maximum atomic E-state index is 12.4. The van der Waals surface area contributed by atoms with Gasteiger partial charge in [-0.05, 0) is 31.6 Å². The first-order valence-corrected chi connectivity index (χ1v) is 9.57. The van der Waals surface area contributed by atoms with Gasteiger partial charge in [-0.25, -0.2) is 0 Å². The van der Waals surface area contributed by atoms with Crippen LogP contribution in [0.15, 0.2) is 0 Å². The van der Waals surface area contributed by atoms with E-state index in [-0.39, 0.29) is 24.3 Å². The van der Waals surface area contributed by atoms with Crippen LogP contribution in [0.25, 0.3) is 0 Å². The van der Waals surface area contributed by atoms with Gasteiger partial charge in [0.15, 0.2) is 0 Å². The molecule has 0 aromatic carbocycles. The van der Waals surface area contributed by atoms with Gasteiger partial charge < -0.3 is 14.9 Å². The van der Waals surface area contributed by atoms with Crippen molar-refractivity contribution in [2.75, 3.05) is 26.2 Å². The van der Waals surface area contributed by atoms with Crippen LogP contribution in [0, 0.1) is 11.3 Å². The van der Waals surface area contributed by atoms with Crippen molar-refractivity contribution in [2.24, 2.45) is 11.3 Å². The van der Waals surface area contributed by atoms with Gasteiger partial charge in [-0.1, -0.05) is 27.7 Å². The quantitative estimate of drug-likeness (QED) is 0.654. The lowest BCUT2D eigenvalue weighted by atomic mass is 9.76. The maximum absolute atomic E-state index is 12.4. The minimum atomic E-state index is -0.829. The van der Waals surface area contributed by atoms with E-state index in [4.69, 9.17) is 0 Å². The molecule has 1 unspecified atom stereocenters. The molecule has 0 radical (unpaired) electrons. The van der Waals surface area contributed by atoms with Crippen LogP contribution in [0.1, 0.15) is 66.2 Å². The lowest BCUT2D eigenvalue weighted by molar-refractivity contribution is -0.151. The Morgan fingerprint density at radius 1 is 1.12 bits per heavy atom. The highest BCUT2D eigenvalue weighted by molar-refractivity contribution is 5.81. The van der Waals surface area contributed by atoms with Crippen LogP contribution < -0.4 is 0 Å². The van der Waals surface area contributed by atoms with Crippen LogP contribution in [0.4, 0.5) is 0 Å². The van der Waals surface area contributed by atoms with Gasteiger partial charge in [0.25, 0.3) is 0 Å². The molecule has 6 heteroatoms. The van der Waals surface area contributed by atoms with Crippen LogP contribution in [0.2, 0.25) is 0 Å². The van der Waals surface area contributed by atoms with Gasteiger partial charge in [0.2, 0.25) is 11.8 Å². The van der Waals surface area contributed by atoms with Gasteiger partial charge >= 0.3 is 5.97 Å². The highest BCUT2D eigenvalue weighted by atomic mass is 16.4. The van der Waals surface area contributed by atoms with E-state index in [2.05, 4.69) is 13.8 Å². The average molecular weight is 354 g/mol. The van der Waals surface area contributed by atoms with Crippen LogP contribution in [-0.2, 0) is 14.4 Å². The average Bonchev–Trinajstić information content (AvgIpc) is 3.01. The van der Waals surface area contributed by atoms with Gasteiger partial charge in [0.1, 0.15) is 0 Å². The number of nitrogens with zero attached hydrogens (tertiary/aromatic N) is 2. The fourth-order valence-electron chi connectivity index (χ4n) is 3.55. The SMILES string of the molecule is CCCN(CCC)C(=O)CCCC(=O)N1CCC(C(=O)O)(C(C)C)C1.